The average molecular weight is 561 g/mol. The largest absolute Gasteiger partial charge is 0.462 e. The average Bonchev–Trinajstić information content (AvgIpc) is 3.50. The Balaban J connectivity index is 1.53. The van der Waals surface area contributed by atoms with Crippen LogP contribution in [-0.2, 0) is 16.1 Å². The van der Waals surface area contributed by atoms with Gasteiger partial charge in [-0.1, -0.05) is 18.2 Å². The highest BCUT2D eigenvalue weighted by molar-refractivity contribution is 7.12. The minimum atomic E-state index is -0.704. The Morgan fingerprint density at radius 3 is 2.40 bits per heavy atom. The summed E-state index contributed by atoms with van der Waals surface area (Å²) >= 11 is 1.40. The van der Waals surface area contributed by atoms with Gasteiger partial charge in [0.05, 0.1) is 23.7 Å². The van der Waals surface area contributed by atoms with E-state index in [9.17, 15) is 19.2 Å². The molecule has 0 aliphatic carbocycles. The minimum absolute atomic E-state index is 0.0260. The first-order chi connectivity index (χ1) is 19.4. The highest BCUT2D eigenvalue weighted by Gasteiger charge is 2.31. The molecule has 0 atom stereocenters. The molecule has 11 heteroatoms. The van der Waals surface area contributed by atoms with Gasteiger partial charge >= 0.3 is 11.9 Å². The number of amides is 1. The molecule has 206 valence electrons. The first-order valence-electron chi connectivity index (χ1n) is 12.9. The number of piperazine rings is 1. The van der Waals surface area contributed by atoms with Crippen LogP contribution in [-0.4, -0.2) is 65.1 Å². The molecule has 40 heavy (non-hydrogen) atoms. The first kappa shape index (κ1) is 27.1. The van der Waals surface area contributed by atoms with Crippen LogP contribution >= 0.6 is 11.3 Å². The Labute approximate surface area is 234 Å². The summed E-state index contributed by atoms with van der Waals surface area (Å²) in [5.74, 6) is -0.761. The number of hydrogen-bond acceptors (Lipinski definition) is 9. The van der Waals surface area contributed by atoms with Gasteiger partial charge in [-0.05, 0) is 48.2 Å². The molecule has 1 aromatic carbocycles. The van der Waals surface area contributed by atoms with Crippen molar-refractivity contribution in [1.29, 1.82) is 0 Å². The van der Waals surface area contributed by atoms with E-state index >= 15 is 0 Å². The molecule has 0 saturated carbocycles. The van der Waals surface area contributed by atoms with Crippen molar-refractivity contribution in [3.63, 3.8) is 0 Å². The number of pyridine rings is 2. The second-order valence-corrected chi connectivity index (χ2v) is 10.2. The standard InChI is InChI=1S/C29H28N4O6S/c1-3-38-29(37)24-25(31-13-15-32(16-14-31)27(35)23-7-5-17-40-23)22-6-4-12-30-26(22)33(28(24)36)18-20-8-10-21(11-9-20)39-19(2)34/h4-12,17H,3,13-16,18H2,1-2H3. The lowest BCUT2D eigenvalue weighted by atomic mass is 10.1. The zero-order valence-electron chi connectivity index (χ0n) is 22.2. The fourth-order valence-corrected chi connectivity index (χ4v) is 5.52. The molecule has 0 bridgehead atoms. The number of carbonyl (C=O) groups is 3. The Hall–Kier alpha value is -4.51. The van der Waals surface area contributed by atoms with E-state index in [4.69, 9.17) is 9.47 Å². The van der Waals surface area contributed by atoms with Crippen molar-refractivity contribution in [3.8, 4) is 5.75 Å². The zero-order valence-corrected chi connectivity index (χ0v) is 23.0. The van der Waals surface area contributed by atoms with Gasteiger partial charge in [-0.15, -0.1) is 11.3 Å². The number of hydrogen-bond donors (Lipinski definition) is 0. The highest BCUT2D eigenvalue weighted by atomic mass is 32.1. The molecular weight excluding hydrogens is 532 g/mol. The maximum absolute atomic E-state index is 14.0. The number of thiophene rings is 1. The molecule has 4 heterocycles. The molecule has 1 aliphatic rings. The van der Waals surface area contributed by atoms with Crippen LogP contribution in [0, 0.1) is 0 Å². The van der Waals surface area contributed by atoms with Crippen LogP contribution in [0.4, 0.5) is 5.69 Å². The zero-order chi connectivity index (χ0) is 28.2. The van der Waals surface area contributed by atoms with Crippen molar-refractivity contribution in [2.45, 2.75) is 20.4 Å². The summed E-state index contributed by atoms with van der Waals surface area (Å²) in [6.07, 6.45) is 1.60. The van der Waals surface area contributed by atoms with Crippen molar-refractivity contribution in [1.82, 2.24) is 14.5 Å². The number of fused-ring (bicyclic) bond motifs is 1. The topological polar surface area (TPSA) is 111 Å². The molecule has 0 unspecified atom stereocenters. The summed E-state index contributed by atoms with van der Waals surface area (Å²) in [5, 5.41) is 2.51. The second-order valence-electron chi connectivity index (χ2n) is 9.20. The fraction of sp³-hybridized carbons (Fsp3) is 0.276. The number of ether oxygens (including phenoxy) is 2. The monoisotopic (exact) mass is 560 g/mol. The van der Waals surface area contributed by atoms with Crippen LogP contribution in [0.5, 0.6) is 5.75 Å². The molecule has 1 fully saturated rings. The summed E-state index contributed by atoms with van der Waals surface area (Å²) in [5.41, 5.74) is 1.08. The minimum Gasteiger partial charge on any atom is -0.462 e. The maximum Gasteiger partial charge on any atom is 0.345 e. The molecule has 5 rings (SSSR count). The normalized spacial score (nSPS) is 13.3. The molecule has 3 aromatic heterocycles. The van der Waals surface area contributed by atoms with Gasteiger partial charge in [-0.3, -0.25) is 19.0 Å². The van der Waals surface area contributed by atoms with Crippen molar-refractivity contribution >= 4 is 45.9 Å². The number of nitrogens with zero attached hydrogens (tertiary/aromatic N) is 4. The third-order valence-corrected chi connectivity index (χ3v) is 7.47. The number of benzene rings is 1. The van der Waals surface area contributed by atoms with Crippen LogP contribution < -0.4 is 15.2 Å². The molecule has 0 N–H and O–H groups in total. The SMILES string of the molecule is CCOC(=O)c1c(N2CCN(C(=O)c3cccs3)CC2)c2cccnc2n(Cc2ccc(OC(C)=O)cc2)c1=O. The number of carbonyl (C=O) groups excluding carboxylic acids is 3. The summed E-state index contributed by atoms with van der Waals surface area (Å²) in [4.78, 5) is 60.3. The van der Waals surface area contributed by atoms with Gasteiger partial charge in [0.2, 0.25) is 0 Å². The van der Waals surface area contributed by atoms with Crippen molar-refractivity contribution in [2.75, 3.05) is 37.7 Å². The maximum atomic E-state index is 14.0. The summed E-state index contributed by atoms with van der Waals surface area (Å²) in [7, 11) is 0. The van der Waals surface area contributed by atoms with E-state index in [1.165, 1.54) is 22.8 Å². The van der Waals surface area contributed by atoms with Gasteiger partial charge < -0.3 is 19.3 Å². The Bertz CT molecular complexity index is 1610. The third-order valence-electron chi connectivity index (χ3n) is 6.61. The van der Waals surface area contributed by atoms with Gasteiger partial charge in [0.15, 0.2) is 0 Å². The number of aromatic nitrogens is 2. The van der Waals surface area contributed by atoms with Gasteiger partial charge in [0, 0.05) is 44.7 Å². The molecule has 1 saturated heterocycles. The van der Waals surface area contributed by atoms with Crippen LogP contribution in [0.3, 0.4) is 0 Å². The molecule has 1 aliphatic heterocycles. The van der Waals surface area contributed by atoms with Crippen molar-refractivity contribution in [2.24, 2.45) is 0 Å². The Kier molecular flexibility index (Phi) is 7.92. The van der Waals surface area contributed by atoms with Crippen molar-refractivity contribution in [3.05, 3.63) is 86.5 Å². The molecule has 0 spiro atoms. The van der Waals surface area contributed by atoms with E-state index in [-0.39, 0.29) is 24.6 Å². The Morgan fingerprint density at radius 2 is 1.75 bits per heavy atom. The lowest BCUT2D eigenvalue weighted by Crippen LogP contribution is -2.49. The summed E-state index contributed by atoms with van der Waals surface area (Å²) in [6, 6.07) is 14.1. The first-order valence-corrected chi connectivity index (χ1v) is 13.8. The molecular formula is C29H28N4O6S. The number of rotatable bonds is 7. The summed E-state index contributed by atoms with van der Waals surface area (Å²) in [6.45, 7) is 5.04. The second kappa shape index (κ2) is 11.7. The van der Waals surface area contributed by atoms with E-state index in [2.05, 4.69) is 4.98 Å². The van der Waals surface area contributed by atoms with Crippen LogP contribution in [0.1, 0.15) is 39.4 Å². The molecule has 10 nitrogen and oxygen atoms in total. The van der Waals surface area contributed by atoms with E-state index in [0.717, 1.165) is 5.56 Å². The van der Waals surface area contributed by atoms with Gasteiger partial charge in [-0.2, -0.15) is 0 Å². The fourth-order valence-electron chi connectivity index (χ4n) is 4.83. The predicted octanol–water partition coefficient (Wildman–Crippen LogP) is 3.57. The number of esters is 2. The highest BCUT2D eigenvalue weighted by Crippen LogP contribution is 2.30. The van der Waals surface area contributed by atoms with E-state index in [0.29, 0.717) is 53.5 Å². The van der Waals surface area contributed by atoms with E-state index < -0.39 is 17.5 Å². The van der Waals surface area contributed by atoms with Crippen LogP contribution in [0.15, 0.2) is 64.9 Å². The van der Waals surface area contributed by atoms with E-state index in [1.807, 2.05) is 22.4 Å². The van der Waals surface area contributed by atoms with E-state index in [1.54, 1.807) is 54.4 Å². The lowest BCUT2D eigenvalue weighted by molar-refractivity contribution is -0.131. The number of anilines is 1. The summed E-state index contributed by atoms with van der Waals surface area (Å²) < 4.78 is 11.9. The quantitative estimate of drug-likeness (QED) is 0.249. The smallest absolute Gasteiger partial charge is 0.345 e. The van der Waals surface area contributed by atoms with Gasteiger partial charge in [-0.25, -0.2) is 9.78 Å². The molecule has 1 amide bonds. The third kappa shape index (κ3) is 5.46. The van der Waals surface area contributed by atoms with Crippen LogP contribution in [0.2, 0.25) is 0 Å². The predicted molar refractivity (Wildman–Crippen MR) is 151 cm³/mol. The molecule has 0 radical (unpaired) electrons. The Morgan fingerprint density at radius 1 is 1.00 bits per heavy atom. The van der Waals surface area contributed by atoms with Gasteiger partial charge in [0.25, 0.3) is 11.5 Å². The lowest BCUT2D eigenvalue weighted by Gasteiger charge is -2.37. The molecule has 4 aromatic rings. The van der Waals surface area contributed by atoms with Crippen molar-refractivity contribution < 1.29 is 23.9 Å². The van der Waals surface area contributed by atoms with Crippen LogP contribution in [0.25, 0.3) is 11.0 Å². The van der Waals surface area contributed by atoms with Gasteiger partial charge in [0.1, 0.15) is 17.0 Å².